The molecule has 1 heterocycles. The van der Waals surface area contributed by atoms with Crippen molar-refractivity contribution in [1.82, 2.24) is 9.78 Å². The van der Waals surface area contributed by atoms with E-state index in [0.29, 0.717) is 29.0 Å². The Kier molecular flexibility index (Phi) is 4.86. The monoisotopic (exact) mass is 374 g/mol. The van der Waals surface area contributed by atoms with Crippen LogP contribution in [-0.4, -0.2) is 31.9 Å². The minimum atomic E-state index is -3.68. The molecule has 0 fully saturated rings. The van der Waals surface area contributed by atoms with Gasteiger partial charge in [0.1, 0.15) is 10.6 Å². The summed E-state index contributed by atoms with van der Waals surface area (Å²) in [6.07, 6.45) is 2.73. The molecule has 3 N–H and O–H groups in total. The number of nitrogens with one attached hydrogen (secondary N) is 1. The van der Waals surface area contributed by atoms with Crippen molar-refractivity contribution in [1.29, 1.82) is 0 Å². The first-order valence-corrected chi connectivity index (χ1v) is 8.33. The van der Waals surface area contributed by atoms with Gasteiger partial charge in [0.2, 0.25) is 0 Å². The van der Waals surface area contributed by atoms with Crippen LogP contribution in [0.15, 0.2) is 40.0 Å². The Labute approximate surface area is 131 Å². The normalized spacial score (nSPS) is 11.4. The zero-order valence-corrected chi connectivity index (χ0v) is 13.7. The van der Waals surface area contributed by atoms with Crippen molar-refractivity contribution in [2.45, 2.75) is 11.4 Å². The van der Waals surface area contributed by atoms with Crippen molar-refractivity contribution in [3.05, 3.63) is 35.1 Å². The number of nitrogens with two attached hydrogens (primary N) is 1. The number of rotatable bonds is 6. The zero-order chi connectivity index (χ0) is 15.5. The van der Waals surface area contributed by atoms with Gasteiger partial charge in [0.15, 0.2) is 0 Å². The quantitative estimate of drug-likeness (QED) is 0.796. The van der Waals surface area contributed by atoms with Crippen molar-refractivity contribution in [2.75, 3.05) is 18.4 Å². The summed E-state index contributed by atoms with van der Waals surface area (Å²) in [5, 5.41) is 3.95. The fraction of sp³-hybridized carbons (Fsp3) is 0.250. The molecular weight excluding hydrogens is 360 g/mol. The maximum Gasteiger partial charge on any atom is 0.265 e. The third-order valence-electron chi connectivity index (χ3n) is 2.68. The lowest BCUT2D eigenvalue weighted by Gasteiger charge is -2.08. The number of anilines is 1. The van der Waals surface area contributed by atoms with Gasteiger partial charge in [-0.25, -0.2) is 8.42 Å². The maximum absolute atomic E-state index is 12.2. The lowest BCUT2D eigenvalue weighted by molar-refractivity contribution is 0.412. The Bertz CT molecular complexity index is 730. The van der Waals surface area contributed by atoms with Crippen LogP contribution in [0.4, 0.5) is 5.69 Å². The molecule has 2 aromatic rings. The second kappa shape index (κ2) is 6.46. The van der Waals surface area contributed by atoms with Crippen molar-refractivity contribution in [3.63, 3.8) is 0 Å². The molecule has 2 rings (SSSR count). The highest BCUT2D eigenvalue weighted by Gasteiger charge is 2.17. The van der Waals surface area contributed by atoms with E-state index in [1.165, 1.54) is 24.2 Å². The van der Waals surface area contributed by atoms with Crippen molar-refractivity contribution >= 4 is 31.6 Å². The number of aromatic nitrogens is 2. The Balaban J connectivity index is 2.22. The fourth-order valence-electron chi connectivity index (χ4n) is 1.68. The van der Waals surface area contributed by atoms with Gasteiger partial charge in [-0.1, -0.05) is 0 Å². The van der Waals surface area contributed by atoms with Crippen LogP contribution in [0.25, 0.3) is 0 Å². The molecule has 1 aromatic carbocycles. The fourth-order valence-corrected chi connectivity index (χ4v) is 3.22. The van der Waals surface area contributed by atoms with E-state index in [2.05, 4.69) is 25.8 Å². The van der Waals surface area contributed by atoms with Gasteiger partial charge >= 0.3 is 0 Å². The van der Waals surface area contributed by atoms with Crippen molar-refractivity contribution in [3.8, 4) is 5.75 Å². The Morgan fingerprint density at radius 2 is 2.24 bits per heavy atom. The third-order valence-corrected chi connectivity index (χ3v) is 4.64. The minimum absolute atomic E-state index is 0.0860. The highest BCUT2D eigenvalue weighted by Crippen LogP contribution is 2.28. The number of methoxy groups -OCH3 is 1. The second-order valence-electron chi connectivity index (χ2n) is 4.18. The molecule has 9 heteroatoms. The average Bonchev–Trinajstić information content (AvgIpc) is 2.88. The summed E-state index contributed by atoms with van der Waals surface area (Å²) in [6, 6.07) is 4.91. The Morgan fingerprint density at radius 1 is 1.48 bits per heavy atom. The molecule has 0 aliphatic carbocycles. The van der Waals surface area contributed by atoms with Gasteiger partial charge in [0, 0.05) is 12.7 Å². The average molecular weight is 375 g/mol. The highest BCUT2D eigenvalue weighted by molar-refractivity contribution is 9.10. The van der Waals surface area contributed by atoms with E-state index < -0.39 is 10.0 Å². The molecule has 21 heavy (non-hydrogen) atoms. The van der Waals surface area contributed by atoms with Gasteiger partial charge in [-0.15, -0.1) is 0 Å². The number of hydrogen-bond acceptors (Lipinski definition) is 5. The molecule has 0 amide bonds. The number of ether oxygens (including phenoxy) is 1. The smallest absolute Gasteiger partial charge is 0.265 e. The summed E-state index contributed by atoms with van der Waals surface area (Å²) < 4.78 is 34.2. The van der Waals surface area contributed by atoms with Gasteiger partial charge in [0.25, 0.3) is 10.0 Å². The van der Waals surface area contributed by atoms with Crippen molar-refractivity contribution < 1.29 is 13.2 Å². The topological polar surface area (TPSA) is 99.2 Å². The summed E-state index contributed by atoms with van der Waals surface area (Å²) in [6.45, 7) is 0.851. The molecule has 0 radical (unpaired) electrons. The summed E-state index contributed by atoms with van der Waals surface area (Å²) in [4.78, 5) is 0.0860. The van der Waals surface area contributed by atoms with Crippen LogP contribution in [0.2, 0.25) is 0 Å². The van der Waals surface area contributed by atoms with Gasteiger partial charge in [-0.2, -0.15) is 5.10 Å². The first kappa shape index (κ1) is 15.8. The molecule has 0 bridgehead atoms. The van der Waals surface area contributed by atoms with Crippen LogP contribution >= 0.6 is 15.9 Å². The number of sulfonamides is 1. The van der Waals surface area contributed by atoms with Gasteiger partial charge in [-0.3, -0.25) is 9.40 Å². The molecule has 0 saturated heterocycles. The largest absolute Gasteiger partial charge is 0.496 e. The SMILES string of the molecule is COc1ccc(NS(=O)(=O)c2cnn(CCN)c2)cc1Br. The summed E-state index contributed by atoms with van der Waals surface area (Å²) >= 11 is 3.31. The third kappa shape index (κ3) is 3.74. The van der Waals surface area contributed by atoms with Gasteiger partial charge in [-0.05, 0) is 34.1 Å². The van der Waals surface area contributed by atoms with Crippen LogP contribution in [0.3, 0.4) is 0 Å². The molecule has 114 valence electrons. The first-order chi connectivity index (χ1) is 9.96. The molecule has 0 saturated carbocycles. The van der Waals surface area contributed by atoms with E-state index in [0.717, 1.165) is 0 Å². The van der Waals surface area contributed by atoms with E-state index in [9.17, 15) is 8.42 Å². The summed E-state index contributed by atoms with van der Waals surface area (Å²) in [7, 11) is -2.15. The van der Waals surface area contributed by atoms with E-state index in [1.54, 1.807) is 18.2 Å². The highest BCUT2D eigenvalue weighted by atomic mass is 79.9. The number of hydrogen-bond donors (Lipinski definition) is 2. The van der Waals surface area contributed by atoms with Gasteiger partial charge in [0.05, 0.1) is 30.0 Å². The molecule has 0 unspecified atom stereocenters. The predicted molar refractivity (Wildman–Crippen MR) is 82.8 cm³/mol. The number of nitrogens with zero attached hydrogens (tertiary/aromatic N) is 2. The van der Waals surface area contributed by atoms with E-state index in [-0.39, 0.29) is 4.90 Å². The lowest BCUT2D eigenvalue weighted by atomic mass is 10.3. The molecule has 1 aromatic heterocycles. The predicted octanol–water partition coefficient (Wildman–Crippen LogP) is 1.41. The molecule has 0 atom stereocenters. The minimum Gasteiger partial charge on any atom is -0.496 e. The number of benzene rings is 1. The van der Waals surface area contributed by atoms with Crippen molar-refractivity contribution in [2.24, 2.45) is 5.73 Å². The molecule has 0 aliphatic rings. The lowest BCUT2D eigenvalue weighted by Crippen LogP contribution is -2.13. The first-order valence-electron chi connectivity index (χ1n) is 6.05. The summed E-state index contributed by atoms with van der Waals surface area (Å²) in [5.74, 6) is 0.619. The van der Waals surface area contributed by atoms with E-state index in [4.69, 9.17) is 10.5 Å². The van der Waals surface area contributed by atoms with Crippen LogP contribution in [0.5, 0.6) is 5.75 Å². The maximum atomic E-state index is 12.2. The van der Waals surface area contributed by atoms with Crippen LogP contribution in [0, 0.1) is 0 Å². The zero-order valence-electron chi connectivity index (χ0n) is 11.3. The van der Waals surface area contributed by atoms with Crippen LogP contribution < -0.4 is 15.2 Å². The van der Waals surface area contributed by atoms with E-state index >= 15 is 0 Å². The van der Waals surface area contributed by atoms with Crippen LogP contribution in [-0.2, 0) is 16.6 Å². The molecule has 7 nitrogen and oxygen atoms in total. The van der Waals surface area contributed by atoms with E-state index in [1.807, 2.05) is 0 Å². The number of halogens is 1. The Morgan fingerprint density at radius 3 is 2.86 bits per heavy atom. The second-order valence-corrected chi connectivity index (χ2v) is 6.72. The summed E-state index contributed by atoms with van der Waals surface area (Å²) in [5.41, 5.74) is 5.83. The Hall–Kier alpha value is -1.58. The molecule has 0 spiro atoms. The van der Waals surface area contributed by atoms with Crippen LogP contribution in [0.1, 0.15) is 0 Å². The molecule has 0 aliphatic heterocycles. The van der Waals surface area contributed by atoms with Gasteiger partial charge < -0.3 is 10.5 Å². The molecular formula is C12H15BrN4O3S. The standard InChI is InChI=1S/C12H15BrN4O3S/c1-20-12-3-2-9(6-11(12)13)16-21(18,19)10-7-15-17(8-10)5-4-14/h2-3,6-8,16H,4-5,14H2,1H3.